The van der Waals surface area contributed by atoms with Crippen LogP contribution < -0.4 is 10.1 Å². The van der Waals surface area contributed by atoms with Crippen molar-refractivity contribution in [2.45, 2.75) is 25.8 Å². The van der Waals surface area contributed by atoms with Crippen molar-refractivity contribution in [2.24, 2.45) is 0 Å². The van der Waals surface area contributed by atoms with Crippen LogP contribution in [0.5, 0.6) is 5.75 Å². The molecule has 0 saturated carbocycles. The van der Waals surface area contributed by atoms with E-state index in [0.29, 0.717) is 6.04 Å². The van der Waals surface area contributed by atoms with Gasteiger partial charge in [-0.05, 0) is 60.7 Å². The highest BCUT2D eigenvalue weighted by molar-refractivity contribution is 5.70. The lowest BCUT2D eigenvalue weighted by molar-refractivity contribution is 0.414. The maximum absolute atomic E-state index is 5.28. The average Bonchev–Trinajstić information content (AvgIpc) is 2.87. The zero-order chi connectivity index (χ0) is 16.8. The third-order valence-corrected chi connectivity index (χ3v) is 4.52. The van der Waals surface area contributed by atoms with Crippen LogP contribution in [-0.2, 0) is 6.42 Å². The van der Waals surface area contributed by atoms with Gasteiger partial charge in [0.15, 0.2) is 0 Å². The van der Waals surface area contributed by atoms with Crippen molar-refractivity contribution in [1.82, 2.24) is 5.32 Å². The van der Waals surface area contributed by atoms with Crippen LogP contribution in [0, 0.1) is 0 Å². The van der Waals surface area contributed by atoms with Gasteiger partial charge in [-0.1, -0.05) is 54.6 Å². The Kier molecular flexibility index (Phi) is 5.50. The summed E-state index contributed by atoms with van der Waals surface area (Å²) < 4.78 is 5.28. The zero-order valence-corrected chi connectivity index (χ0v) is 14.5. The largest absolute Gasteiger partial charge is 0.497 e. The summed E-state index contributed by atoms with van der Waals surface area (Å²) in [6.45, 7) is 3.25. The molecule has 124 valence electrons. The van der Waals surface area contributed by atoms with E-state index in [2.05, 4.69) is 72.9 Å². The Morgan fingerprint density at radius 1 is 0.958 bits per heavy atom. The second-order valence-electron chi connectivity index (χ2n) is 6.20. The van der Waals surface area contributed by atoms with Crippen LogP contribution in [-0.4, -0.2) is 13.7 Å². The molecular weight excluding hydrogens is 294 g/mol. The number of nitrogens with one attached hydrogen (secondary N) is 1. The molecule has 0 fully saturated rings. The Balaban J connectivity index is 1.53. The molecule has 0 spiro atoms. The van der Waals surface area contributed by atoms with Gasteiger partial charge < -0.3 is 10.1 Å². The van der Waals surface area contributed by atoms with Gasteiger partial charge in [-0.3, -0.25) is 0 Å². The molecule has 3 rings (SSSR count). The van der Waals surface area contributed by atoms with E-state index < -0.39 is 0 Å². The average molecular weight is 319 g/mol. The van der Waals surface area contributed by atoms with E-state index >= 15 is 0 Å². The summed E-state index contributed by atoms with van der Waals surface area (Å²) in [4.78, 5) is 0. The summed E-state index contributed by atoms with van der Waals surface area (Å²) in [7, 11) is 1.71. The first-order chi connectivity index (χ1) is 11.8. The van der Waals surface area contributed by atoms with E-state index in [1.165, 1.54) is 22.3 Å². The topological polar surface area (TPSA) is 21.3 Å². The normalized spacial score (nSPS) is 12.2. The van der Waals surface area contributed by atoms with Crippen molar-refractivity contribution in [3.63, 3.8) is 0 Å². The summed E-state index contributed by atoms with van der Waals surface area (Å²) in [5.41, 5.74) is 5.35. The van der Waals surface area contributed by atoms with Crippen LogP contribution in [0.1, 0.15) is 30.5 Å². The molecule has 0 bridgehead atoms. The fourth-order valence-electron chi connectivity index (χ4n) is 3.17. The highest BCUT2D eigenvalue weighted by atomic mass is 16.5. The Labute approximate surface area is 144 Å². The number of aryl methyl sites for hydroxylation is 1. The molecule has 2 nitrogen and oxygen atoms in total. The van der Waals surface area contributed by atoms with Crippen LogP contribution in [0.25, 0.3) is 11.1 Å². The van der Waals surface area contributed by atoms with Crippen molar-refractivity contribution in [2.75, 3.05) is 13.7 Å². The minimum Gasteiger partial charge on any atom is -0.497 e. The van der Waals surface area contributed by atoms with E-state index in [0.717, 1.165) is 25.1 Å². The summed E-state index contributed by atoms with van der Waals surface area (Å²) in [5.74, 6) is 0.935. The number of hydrogen-bond acceptors (Lipinski definition) is 2. The summed E-state index contributed by atoms with van der Waals surface area (Å²) in [6, 6.07) is 23.8. The first-order valence-electron chi connectivity index (χ1n) is 8.62. The molecule has 0 radical (unpaired) electrons. The Hall–Kier alpha value is -2.32. The quantitative estimate of drug-likeness (QED) is 0.613. The molecule has 1 aromatic rings. The van der Waals surface area contributed by atoms with Gasteiger partial charge in [0.1, 0.15) is 5.75 Å². The van der Waals surface area contributed by atoms with E-state index in [9.17, 15) is 0 Å². The fourth-order valence-corrected chi connectivity index (χ4v) is 3.17. The van der Waals surface area contributed by atoms with E-state index in [1.54, 1.807) is 7.11 Å². The lowest BCUT2D eigenvalue weighted by atomic mass is 10.0. The van der Waals surface area contributed by atoms with Crippen LogP contribution in [0.4, 0.5) is 0 Å². The number of rotatable bonds is 7. The molecule has 1 unspecified atom stereocenters. The molecule has 2 aliphatic carbocycles. The molecule has 1 aromatic carbocycles. The number of benzene rings is 1. The van der Waals surface area contributed by atoms with Gasteiger partial charge in [0.05, 0.1) is 7.11 Å². The Morgan fingerprint density at radius 3 is 2.71 bits per heavy atom. The van der Waals surface area contributed by atoms with Gasteiger partial charge in [-0.15, -0.1) is 0 Å². The molecule has 0 aliphatic heterocycles. The van der Waals surface area contributed by atoms with E-state index in [1.807, 2.05) is 6.07 Å². The minimum atomic E-state index is 0.357. The maximum atomic E-state index is 5.28. The van der Waals surface area contributed by atoms with Crippen molar-refractivity contribution >= 4 is 0 Å². The van der Waals surface area contributed by atoms with Gasteiger partial charge in [0, 0.05) is 6.04 Å². The third kappa shape index (κ3) is 3.95. The van der Waals surface area contributed by atoms with E-state index in [-0.39, 0.29) is 0 Å². The van der Waals surface area contributed by atoms with Gasteiger partial charge in [0.25, 0.3) is 0 Å². The second-order valence-corrected chi connectivity index (χ2v) is 6.20. The molecule has 0 amide bonds. The first-order valence-corrected chi connectivity index (χ1v) is 8.62. The van der Waals surface area contributed by atoms with Crippen molar-refractivity contribution < 1.29 is 4.74 Å². The number of hydrogen-bond donors (Lipinski definition) is 1. The Bertz CT molecular complexity index is 752. The minimum absolute atomic E-state index is 0.357. The molecule has 0 heterocycles. The zero-order valence-electron chi connectivity index (χ0n) is 14.5. The summed E-state index contributed by atoms with van der Waals surface area (Å²) in [5, 5.41) is 3.65. The predicted octanol–water partition coefficient (Wildman–Crippen LogP) is 5.08. The molecule has 0 saturated heterocycles. The smallest absolute Gasteiger partial charge is 0.119 e. The van der Waals surface area contributed by atoms with Gasteiger partial charge >= 0.3 is 0 Å². The number of ether oxygens (including phenoxy) is 1. The SMILES string of the molecule is COc1cccc(CCCNC(C)c2ccc3cccccc2-3)c1. The standard InChI is InChI=1S/C22H25NO/c1-17(21-14-13-19-10-4-3-5-12-22(19)21)23-15-7-9-18-8-6-11-20(16-18)24-2/h3-6,8,10-14,16-17,23H,7,9,15H2,1-2H3. The Morgan fingerprint density at radius 2 is 1.83 bits per heavy atom. The lowest BCUT2D eigenvalue weighted by Gasteiger charge is -2.15. The van der Waals surface area contributed by atoms with Crippen molar-refractivity contribution in [3.05, 3.63) is 77.9 Å². The monoisotopic (exact) mass is 319 g/mol. The predicted molar refractivity (Wildman–Crippen MR) is 101 cm³/mol. The number of fused-ring (bicyclic) bond motifs is 1. The highest BCUT2D eigenvalue weighted by Crippen LogP contribution is 2.31. The van der Waals surface area contributed by atoms with Gasteiger partial charge in [-0.2, -0.15) is 0 Å². The third-order valence-electron chi connectivity index (χ3n) is 4.52. The van der Waals surface area contributed by atoms with Crippen LogP contribution >= 0.6 is 0 Å². The second kappa shape index (κ2) is 7.98. The molecule has 24 heavy (non-hydrogen) atoms. The highest BCUT2D eigenvalue weighted by Gasteiger charge is 2.13. The fraction of sp³-hybridized carbons (Fsp3) is 0.273. The maximum Gasteiger partial charge on any atom is 0.119 e. The number of methoxy groups -OCH3 is 1. The van der Waals surface area contributed by atoms with Crippen molar-refractivity contribution in [1.29, 1.82) is 0 Å². The molecule has 1 N–H and O–H groups in total. The molecule has 2 aliphatic rings. The molecule has 0 aromatic heterocycles. The lowest BCUT2D eigenvalue weighted by Crippen LogP contribution is -2.20. The summed E-state index contributed by atoms with van der Waals surface area (Å²) in [6.07, 6.45) is 2.18. The molecule has 2 heteroatoms. The molecular formula is C22H25NO. The van der Waals surface area contributed by atoms with Gasteiger partial charge in [-0.25, -0.2) is 0 Å². The first kappa shape index (κ1) is 16.5. The van der Waals surface area contributed by atoms with Crippen LogP contribution in [0.2, 0.25) is 0 Å². The van der Waals surface area contributed by atoms with E-state index in [4.69, 9.17) is 4.74 Å². The van der Waals surface area contributed by atoms with Gasteiger partial charge in [0.2, 0.25) is 0 Å². The van der Waals surface area contributed by atoms with Crippen LogP contribution in [0.3, 0.4) is 0 Å². The summed E-state index contributed by atoms with van der Waals surface area (Å²) >= 11 is 0. The van der Waals surface area contributed by atoms with Crippen LogP contribution in [0.15, 0.2) is 66.7 Å². The molecule has 1 atom stereocenters. The van der Waals surface area contributed by atoms with Crippen molar-refractivity contribution in [3.8, 4) is 16.9 Å².